The Kier molecular flexibility index (Phi) is 5.59. The van der Waals surface area contributed by atoms with Crippen LogP contribution in [0.15, 0.2) is 42.6 Å². The van der Waals surface area contributed by atoms with Crippen molar-refractivity contribution in [1.82, 2.24) is 15.6 Å². The molecule has 5 nitrogen and oxygen atoms in total. The summed E-state index contributed by atoms with van der Waals surface area (Å²) in [6.45, 7) is 4.07. The third kappa shape index (κ3) is 4.30. The Balaban J connectivity index is 1.30. The van der Waals surface area contributed by atoms with Crippen LogP contribution < -0.4 is 10.6 Å². The number of aromatic nitrogens is 1. The fourth-order valence-corrected chi connectivity index (χ4v) is 4.98. The Morgan fingerprint density at radius 1 is 1.14 bits per heavy atom. The number of aryl methyl sites for hydroxylation is 1. The number of pyridine rings is 1. The number of benzene rings is 1. The molecule has 0 saturated heterocycles. The Hall–Kier alpha value is -2.40. The summed E-state index contributed by atoms with van der Waals surface area (Å²) >= 11 is 5.91. The zero-order chi connectivity index (χ0) is 20.5. The SMILES string of the molecule is CCC(NC(=O)c1ccc(Cl)cc1)C1[C@H]2CC(NC(=O)c3cc(C)ccn3)C[C@@H]12. The first-order valence-corrected chi connectivity index (χ1v) is 10.6. The van der Waals surface area contributed by atoms with Gasteiger partial charge >= 0.3 is 0 Å². The summed E-state index contributed by atoms with van der Waals surface area (Å²) in [6, 6.07) is 11.0. The molecule has 152 valence electrons. The molecule has 3 unspecified atom stereocenters. The molecule has 1 aromatic carbocycles. The van der Waals surface area contributed by atoms with Crippen LogP contribution in [0, 0.1) is 24.7 Å². The van der Waals surface area contributed by atoms with E-state index in [0.717, 1.165) is 24.8 Å². The minimum absolute atomic E-state index is 0.0473. The van der Waals surface area contributed by atoms with Crippen LogP contribution in [0.2, 0.25) is 5.02 Å². The van der Waals surface area contributed by atoms with E-state index in [4.69, 9.17) is 11.6 Å². The average molecular weight is 412 g/mol. The maximum absolute atomic E-state index is 12.6. The van der Waals surface area contributed by atoms with Crippen LogP contribution >= 0.6 is 11.6 Å². The number of hydrogen-bond donors (Lipinski definition) is 2. The molecule has 2 amide bonds. The number of nitrogens with one attached hydrogen (secondary N) is 2. The third-order valence-corrected chi connectivity index (χ3v) is 6.57. The number of hydrogen-bond acceptors (Lipinski definition) is 3. The van der Waals surface area contributed by atoms with Gasteiger partial charge in [-0.25, -0.2) is 0 Å². The lowest BCUT2D eigenvalue weighted by atomic mass is 9.99. The quantitative estimate of drug-likeness (QED) is 0.754. The van der Waals surface area contributed by atoms with Crippen molar-refractivity contribution in [1.29, 1.82) is 0 Å². The van der Waals surface area contributed by atoms with Gasteiger partial charge in [0.1, 0.15) is 5.69 Å². The first-order valence-electron chi connectivity index (χ1n) is 10.3. The van der Waals surface area contributed by atoms with Crippen molar-refractivity contribution in [2.24, 2.45) is 17.8 Å². The normalized spacial score (nSPS) is 25.8. The molecule has 5 atom stereocenters. The maximum Gasteiger partial charge on any atom is 0.270 e. The summed E-state index contributed by atoms with van der Waals surface area (Å²) in [5.74, 6) is 1.50. The standard InChI is InChI=1S/C23H26ClN3O2/c1-3-19(27-22(28)14-4-6-15(24)7-5-14)21-17-11-16(12-18(17)21)26-23(29)20-10-13(2)8-9-25-20/h4-10,16-19,21H,3,11-12H2,1-2H3,(H,26,29)(H,27,28)/t16?,17-,18+,19?,21?. The molecule has 1 heterocycles. The molecule has 6 heteroatoms. The fourth-order valence-electron chi connectivity index (χ4n) is 4.85. The maximum atomic E-state index is 12.6. The van der Waals surface area contributed by atoms with Crippen molar-refractivity contribution >= 4 is 23.4 Å². The topological polar surface area (TPSA) is 71.1 Å². The molecule has 0 aliphatic heterocycles. The van der Waals surface area contributed by atoms with Crippen LogP contribution in [0.1, 0.15) is 52.6 Å². The van der Waals surface area contributed by atoms with Gasteiger partial charge in [0, 0.05) is 28.9 Å². The Labute approximate surface area is 176 Å². The van der Waals surface area contributed by atoms with Gasteiger partial charge in [-0.15, -0.1) is 0 Å². The number of carbonyl (C=O) groups is 2. The number of nitrogens with zero attached hydrogens (tertiary/aromatic N) is 1. The second-order valence-electron chi connectivity index (χ2n) is 8.26. The van der Waals surface area contributed by atoms with Crippen molar-refractivity contribution in [2.45, 2.75) is 45.2 Å². The van der Waals surface area contributed by atoms with Crippen LogP contribution in [-0.2, 0) is 0 Å². The van der Waals surface area contributed by atoms with E-state index in [-0.39, 0.29) is 23.9 Å². The van der Waals surface area contributed by atoms with Crippen molar-refractivity contribution in [3.63, 3.8) is 0 Å². The van der Waals surface area contributed by atoms with E-state index in [9.17, 15) is 9.59 Å². The second-order valence-corrected chi connectivity index (χ2v) is 8.70. The average Bonchev–Trinajstić information content (AvgIpc) is 3.20. The summed E-state index contributed by atoms with van der Waals surface area (Å²) in [5.41, 5.74) is 2.14. The predicted molar refractivity (Wildman–Crippen MR) is 113 cm³/mol. The zero-order valence-electron chi connectivity index (χ0n) is 16.7. The molecule has 2 N–H and O–H groups in total. The summed E-state index contributed by atoms with van der Waals surface area (Å²) in [5, 5.41) is 6.96. The second kappa shape index (κ2) is 8.15. The molecule has 2 aliphatic carbocycles. The first-order chi connectivity index (χ1) is 14.0. The molecule has 2 aliphatic rings. The molecule has 2 fully saturated rings. The van der Waals surface area contributed by atoms with Crippen LogP contribution in [0.5, 0.6) is 0 Å². The van der Waals surface area contributed by atoms with E-state index in [1.807, 2.05) is 19.1 Å². The van der Waals surface area contributed by atoms with Crippen molar-refractivity contribution in [2.75, 3.05) is 0 Å². The van der Waals surface area contributed by atoms with Crippen LogP contribution in [0.4, 0.5) is 0 Å². The molecule has 2 saturated carbocycles. The Bertz CT molecular complexity index is 903. The lowest BCUT2D eigenvalue weighted by Crippen LogP contribution is -2.39. The number of fused-ring (bicyclic) bond motifs is 1. The van der Waals surface area contributed by atoms with Crippen molar-refractivity contribution in [3.8, 4) is 0 Å². The van der Waals surface area contributed by atoms with Gasteiger partial charge in [-0.05, 0) is 85.9 Å². The largest absolute Gasteiger partial charge is 0.349 e. The van der Waals surface area contributed by atoms with Gasteiger partial charge in [0.05, 0.1) is 0 Å². The molecule has 0 spiro atoms. The minimum atomic E-state index is -0.0976. The van der Waals surface area contributed by atoms with Crippen molar-refractivity contribution in [3.05, 3.63) is 64.4 Å². The Morgan fingerprint density at radius 3 is 2.45 bits per heavy atom. The molecule has 4 rings (SSSR count). The smallest absolute Gasteiger partial charge is 0.270 e. The lowest BCUT2D eigenvalue weighted by molar-refractivity contribution is 0.0926. The van der Waals surface area contributed by atoms with E-state index >= 15 is 0 Å². The van der Waals surface area contributed by atoms with Gasteiger partial charge in [0.15, 0.2) is 0 Å². The summed E-state index contributed by atoms with van der Waals surface area (Å²) < 4.78 is 0. The van der Waals surface area contributed by atoms with Gasteiger partial charge in [-0.2, -0.15) is 0 Å². The van der Waals surface area contributed by atoms with Crippen LogP contribution in [0.25, 0.3) is 0 Å². The number of halogens is 1. The molecular weight excluding hydrogens is 386 g/mol. The highest BCUT2D eigenvalue weighted by Gasteiger charge is 2.58. The van der Waals surface area contributed by atoms with E-state index in [1.54, 1.807) is 30.5 Å². The molecule has 1 aromatic heterocycles. The highest BCUT2D eigenvalue weighted by atomic mass is 35.5. The first kappa shape index (κ1) is 19.9. The highest BCUT2D eigenvalue weighted by molar-refractivity contribution is 6.30. The molecule has 2 aromatic rings. The summed E-state index contributed by atoms with van der Waals surface area (Å²) in [7, 11) is 0. The van der Waals surface area contributed by atoms with Gasteiger partial charge in [-0.1, -0.05) is 18.5 Å². The van der Waals surface area contributed by atoms with Crippen LogP contribution in [-0.4, -0.2) is 28.9 Å². The van der Waals surface area contributed by atoms with E-state index in [0.29, 0.717) is 34.0 Å². The summed E-state index contributed by atoms with van der Waals surface area (Å²) in [6.07, 6.45) is 4.52. The van der Waals surface area contributed by atoms with Gasteiger partial charge in [-0.3, -0.25) is 14.6 Å². The third-order valence-electron chi connectivity index (χ3n) is 6.32. The number of amides is 2. The van der Waals surface area contributed by atoms with Gasteiger partial charge in [0.2, 0.25) is 0 Å². The van der Waals surface area contributed by atoms with Gasteiger partial charge < -0.3 is 10.6 Å². The molecule has 29 heavy (non-hydrogen) atoms. The number of carbonyl (C=O) groups excluding carboxylic acids is 2. The zero-order valence-corrected chi connectivity index (χ0v) is 17.4. The van der Waals surface area contributed by atoms with E-state index in [1.165, 1.54) is 0 Å². The van der Waals surface area contributed by atoms with Crippen LogP contribution in [0.3, 0.4) is 0 Å². The fraction of sp³-hybridized carbons (Fsp3) is 0.435. The molecule has 0 radical (unpaired) electrons. The molecule has 0 bridgehead atoms. The van der Waals surface area contributed by atoms with Gasteiger partial charge in [0.25, 0.3) is 11.8 Å². The van der Waals surface area contributed by atoms with E-state index in [2.05, 4.69) is 22.5 Å². The predicted octanol–water partition coefficient (Wildman–Crippen LogP) is 4.01. The Morgan fingerprint density at radius 2 is 1.83 bits per heavy atom. The molecular formula is C23H26ClN3O2. The highest BCUT2D eigenvalue weighted by Crippen LogP contribution is 2.59. The van der Waals surface area contributed by atoms with E-state index < -0.39 is 0 Å². The summed E-state index contributed by atoms with van der Waals surface area (Å²) in [4.78, 5) is 29.2. The number of rotatable bonds is 6. The minimum Gasteiger partial charge on any atom is -0.349 e. The lowest BCUT2D eigenvalue weighted by Gasteiger charge is -2.22. The monoisotopic (exact) mass is 411 g/mol. The van der Waals surface area contributed by atoms with Crippen molar-refractivity contribution < 1.29 is 9.59 Å².